The number of pyridine rings is 1. The van der Waals surface area contributed by atoms with Crippen molar-refractivity contribution in [2.45, 2.75) is 20.0 Å². The van der Waals surface area contributed by atoms with E-state index < -0.39 is 0 Å². The van der Waals surface area contributed by atoms with Gasteiger partial charge in [-0.25, -0.2) is 0 Å². The Bertz CT molecular complexity index is 566. The van der Waals surface area contributed by atoms with Crippen molar-refractivity contribution >= 4 is 5.84 Å². The van der Waals surface area contributed by atoms with Gasteiger partial charge in [-0.1, -0.05) is 25.1 Å². The molecular weight excluding hydrogens is 248 g/mol. The Labute approximate surface area is 119 Å². The molecule has 0 spiro atoms. The molecule has 104 valence electrons. The second-order valence-corrected chi connectivity index (χ2v) is 4.77. The minimum absolute atomic E-state index is 0.115. The lowest BCUT2D eigenvalue weighted by Crippen LogP contribution is -2.22. The zero-order valence-electron chi connectivity index (χ0n) is 11.7. The Morgan fingerprint density at radius 2 is 1.85 bits per heavy atom. The quantitative estimate of drug-likeness (QED) is 0.624. The first kappa shape index (κ1) is 14.2. The highest BCUT2D eigenvalue weighted by atomic mass is 15.1. The fourth-order valence-corrected chi connectivity index (χ4v) is 2.12. The third-order valence-electron chi connectivity index (χ3n) is 3.25. The van der Waals surface area contributed by atoms with Crippen LogP contribution in [-0.4, -0.2) is 22.3 Å². The lowest BCUT2D eigenvalue weighted by Gasteiger charge is -2.20. The Hall–Kier alpha value is -2.20. The number of amidine groups is 1. The van der Waals surface area contributed by atoms with Crippen molar-refractivity contribution in [2.24, 2.45) is 5.73 Å². The van der Waals surface area contributed by atoms with Gasteiger partial charge < -0.3 is 5.73 Å². The monoisotopic (exact) mass is 268 g/mol. The van der Waals surface area contributed by atoms with Gasteiger partial charge in [0.2, 0.25) is 0 Å². The van der Waals surface area contributed by atoms with Gasteiger partial charge >= 0.3 is 0 Å². The Kier molecular flexibility index (Phi) is 4.85. The first-order chi connectivity index (χ1) is 9.69. The van der Waals surface area contributed by atoms with Crippen LogP contribution in [0.15, 0.2) is 48.8 Å². The molecule has 0 aliphatic carbocycles. The van der Waals surface area contributed by atoms with Crippen LogP contribution in [-0.2, 0) is 13.1 Å². The lowest BCUT2D eigenvalue weighted by molar-refractivity contribution is 0.271. The molecule has 0 fully saturated rings. The van der Waals surface area contributed by atoms with E-state index >= 15 is 0 Å². The van der Waals surface area contributed by atoms with E-state index in [-0.39, 0.29) is 5.84 Å². The first-order valence-electron chi connectivity index (χ1n) is 6.73. The molecule has 0 aliphatic rings. The van der Waals surface area contributed by atoms with Crippen molar-refractivity contribution < 1.29 is 0 Å². The highest BCUT2D eigenvalue weighted by Gasteiger charge is 2.06. The van der Waals surface area contributed by atoms with Crippen molar-refractivity contribution in [1.29, 1.82) is 5.41 Å². The number of nitrogens with one attached hydrogen (secondary N) is 1. The number of benzene rings is 1. The average molecular weight is 268 g/mol. The van der Waals surface area contributed by atoms with Crippen molar-refractivity contribution in [3.8, 4) is 0 Å². The van der Waals surface area contributed by atoms with E-state index in [0.29, 0.717) is 0 Å². The molecule has 20 heavy (non-hydrogen) atoms. The summed E-state index contributed by atoms with van der Waals surface area (Å²) in [5, 5.41) is 7.50. The van der Waals surface area contributed by atoms with Gasteiger partial charge in [0.1, 0.15) is 5.84 Å². The summed E-state index contributed by atoms with van der Waals surface area (Å²) >= 11 is 0. The van der Waals surface area contributed by atoms with E-state index in [9.17, 15) is 0 Å². The summed E-state index contributed by atoms with van der Waals surface area (Å²) in [6, 6.07) is 11.9. The van der Waals surface area contributed by atoms with Crippen LogP contribution in [0, 0.1) is 5.41 Å². The predicted octanol–water partition coefficient (Wildman–Crippen LogP) is 2.39. The summed E-state index contributed by atoms with van der Waals surface area (Å²) in [5.74, 6) is 0.115. The predicted molar refractivity (Wildman–Crippen MR) is 81.5 cm³/mol. The molecule has 4 nitrogen and oxygen atoms in total. The maximum Gasteiger partial charge on any atom is 0.122 e. The third-order valence-corrected chi connectivity index (χ3v) is 3.25. The van der Waals surface area contributed by atoms with E-state index in [1.807, 2.05) is 42.7 Å². The molecule has 0 saturated heterocycles. The van der Waals surface area contributed by atoms with Crippen LogP contribution >= 0.6 is 0 Å². The zero-order chi connectivity index (χ0) is 14.4. The highest BCUT2D eigenvalue weighted by Crippen LogP contribution is 2.11. The van der Waals surface area contributed by atoms with Gasteiger partial charge in [-0.05, 0) is 35.9 Å². The minimum Gasteiger partial charge on any atom is -0.384 e. The summed E-state index contributed by atoms with van der Waals surface area (Å²) in [4.78, 5) is 6.38. The van der Waals surface area contributed by atoms with Gasteiger partial charge in [-0.2, -0.15) is 0 Å². The zero-order valence-corrected chi connectivity index (χ0v) is 11.7. The van der Waals surface area contributed by atoms with Crippen molar-refractivity contribution in [1.82, 2.24) is 9.88 Å². The molecule has 3 N–H and O–H groups in total. The summed E-state index contributed by atoms with van der Waals surface area (Å²) in [5.41, 5.74) is 8.74. The van der Waals surface area contributed by atoms with Crippen LogP contribution in [0.3, 0.4) is 0 Å². The van der Waals surface area contributed by atoms with E-state index in [1.54, 1.807) is 0 Å². The van der Waals surface area contributed by atoms with Crippen LogP contribution in [0.4, 0.5) is 0 Å². The molecule has 0 atom stereocenters. The maximum atomic E-state index is 7.50. The number of nitrogens with two attached hydrogens (primary N) is 1. The van der Waals surface area contributed by atoms with Crippen LogP contribution in [0.1, 0.15) is 23.6 Å². The topological polar surface area (TPSA) is 66.0 Å². The largest absolute Gasteiger partial charge is 0.384 e. The summed E-state index contributed by atoms with van der Waals surface area (Å²) in [6.45, 7) is 4.85. The number of nitrogen functional groups attached to an aromatic ring is 1. The van der Waals surface area contributed by atoms with E-state index in [0.717, 1.165) is 25.2 Å². The molecule has 0 saturated carbocycles. The molecular formula is C16H20N4. The summed E-state index contributed by atoms with van der Waals surface area (Å²) in [6.07, 6.45) is 3.64. The van der Waals surface area contributed by atoms with Crippen LogP contribution < -0.4 is 5.73 Å². The Morgan fingerprint density at radius 1 is 1.15 bits per heavy atom. The summed E-state index contributed by atoms with van der Waals surface area (Å²) in [7, 11) is 0. The van der Waals surface area contributed by atoms with Crippen molar-refractivity contribution in [3.05, 3.63) is 65.5 Å². The molecule has 0 amide bonds. The second-order valence-electron chi connectivity index (χ2n) is 4.77. The molecule has 0 bridgehead atoms. The molecule has 2 aromatic rings. The minimum atomic E-state index is 0.115. The molecule has 4 heteroatoms. The molecule has 0 aliphatic heterocycles. The smallest absolute Gasteiger partial charge is 0.122 e. The van der Waals surface area contributed by atoms with Crippen molar-refractivity contribution in [2.75, 3.05) is 6.54 Å². The lowest BCUT2D eigenvalue weighted by atomic mass is 10.1. The number of nitrogens with zero attached hydrogens (tertiary/aromatic N) is 2. The number of hydrogen-bond acceptors (Lipinski definition) is 3. The Balaban J connectivity index is 2.06. The molecule has 2 rings (SSSR count). The SMILES string of the molecule is CCN(Cc1ccncc1)Cc1cccc(C(=N)N)c1. The number of rotatable bonds is 6. The summed E-state index contributed by atoms with van der Waals surface area (Å²) < 4.78 is 0. The van der Waals surface area contributed by atoms with E-state index in [2.05, 4.69) is 22.9 Å². The van der Waals surface area contributed by atoms with Gasteiger partial charge in [0, 0.05) is 31.0 Å². The number of hydrogen-bond donors (Lipinski definition) is 2. The van der Waals surface area contributed by atoms with Gasteiger partial charge in [0.15, 0.2) is 0 Å². The van der Waals surface area contributed by atoms with Gasteiger partial charge in [-0.3, -0.25) is 15.3 Å². The number of aromatic nitrogens is 1. The van der Waals surface area contributed by atoms with Gasteiger partial charge in [0.25, 0.3) is 0 Å². The highest BCUT2D eigenvalue weighted by molar-refractivity contribution is 5.95. The average Bonchev–Trinajstić information content (AvgIpc) is 2.48. The molecule has 1 aromatic carbocycles. The molecule has 1 heterocycles. The van der Waals surface area contributed by atoms with E-state index in [4.69, 9.17) is 11.1 Å². The van der Waals surface area contributed by atoms with Crippen molar-refractivity contribution in [3.63, 3.8) is 0 Å². The molecule has 0 unspecified atom stereocenters. The Morgan fingerprint density at radius 3 is 2.50 bits per heavy atom. The first-order valence-corrected chi connectivity index (χ1v) is 6.73. The normalized spacial score (nSPS) is 10.7. The molecule has 1 aromatic heterocycles. The fraction of sp³-hybridized carbons (Fsp3) is 0.250. The third kappa shape index (κ3) is 3.90. The molecule has 0 radical (unpaired) electrons. The van der Waals surface area contributed by atoms with Crippen LogP contribution in [0.2, 0.25) is 0 Å². The maximum absolute atomic E-state index is 7.50. The van der Waals surface area contributed by atoms with Gasteiger partial charge in [0.05, 0.1) is 0 Å². The standard InChI is InChI=1S/C16H20N4/c1-2-20(11-13-6-8-19-9-7-13)12-14-4-3-5-15(10-14)16(17)18/h3-10H,2,11-12H2,1H3,(H3,17,18). The van der Waals surface area contributed by atoms with Gasteiger partial charge in [-0.15, -0.1) is 0 Å². The second kappa shape index (κ2) is 6.82. The van der Waals surface area contributed by atoms with E-state index in [1.165, 1.54) is 11.1 Å². The fourth-order valence-electron chi connectivity index (χ4n) is 2.12. The van der Waals surface area contributed by atoms with Crippen LogP contribution in [0.25, 0.3) is 0 Å². The van der Waals surface area contributed by atoms with Crippen LogP contribution in [0.5, 0.6) is 0 Å².